The molecule has 2 aromatic carbocycles. The van der Waals surface area contributed by atoms with Gasteiger partial charge in [0.1, 0.15) is 11.2 Å². The monoisotopic (exact) mass is 990 g/mol. The van der Waals surface area contributed by atoms with Crippen LogP contribution >= 0.6 is 31.9 Å². The summed E-state index contributed by atoms with van der Waals surface area (Å²) < 4.78 is 65.7. The van der Waals surface area contributed by atoms with Crippen LogP contribution in [0.4, 0.5) is 9.59 Å². The van der Waals surface area contributed by atoms with Crippen molar-refractivity contribution in [3.8, 4) is 0 Å². The molecule has 2 aromatic heterocycles. The average molecular weight is 993 g/mol. The molecule has 0 spiro atoms. The molecule has 4 atom stereocenters. The van der Waals surface area contributed by atoms with Crippen LogP contribution < -0.4 is 0 Å². The first-order valence-electron chi connectivity index (χ1n) is 20.4. The Morgan fingerprint density at radius 2 is 0.867 bits per heavy atom. The Labute approximate surface area is 368 Å². The van der Waals surface area contributed by atoms with Crippen molar-refractivity contribution >= 4 is 97.1 Å². The number of aromatic nitrogens is 2. The lowest BCUT2D eigenvalue weighted by molar-refractivity contribution is 0.0532. The van der Waals surface area contributed by atoms with E-state index in [9.17, 15) is 36.0 Å². The van der Waals surface area contributed by atoms with Gasteiger partial charge in [0, 0.05) is 43.2 Å². The summed E-state index contributed by atoms with van der Waals surface area (Å²) >= 11 is 6.97. The summed E-state index contributed by atoms with van der Waals surface area (Å²) in [5, 5.41) is 0.315. The van der Waals surface area contributed by atoms with Gasteiger partial charge < -0.3 is 9.47 Å². The zero-order valence-electron chi connectivity index (χ0n) is 35.1. The lowest BCUT2D eigenvalue weighted by atomic mass is 9.90. The number of carbonyl (C=O) groups excluding carboxylic acids is 4. The number of Topliss-reactive ketones (excluding diaryl/α,β-unsaturated/α-hetero) is 2. The highest BCUT2D eigenvalue weighted by atomic mass is 79.9. The third-order valence-electron chi connectivity index (χ3n) is 12.3. The molecule has 4 aliphatic rings. The van der Waals surface area contributed by atoms with E-state index in [4.69, 9.17) is 9.47 Å². The summed E-state index contributed by atoms with van der Waals surface area (Å²) in [6.07, 6.45) is 7.43. The van der Waals surface area contributed by atoms with Crippen molar-refractivity contribution in [3.63, 3.8) is 0 Å². The van der Waals surface area contributed by atoms with Gasteiger partial charge in [-0.1, -0.05) is 31.9 Å². The number of nitrogens with zero attached hydrogens (tertiary/aromatic N) is 2. The molecule has 0 saturated carbocycles. The van der Waals surface area contributed by atoms with Crippen LogP contribution in [0.2, 0.25) is 0 Å². The number of halogens is 2. The normalized spacial score (nSPS) is 25.4. The van der Waals surface area contributed by atoms with Crippen molar-refractivity contribution in [2.24, 2.45) is 0 Å². The molecule has 0 radical (unpaired) electrons. The lowest BCUT2D eigenvalue weighted by Gasteiger charge is -2.27. The number of ketones is 2. The van der Waals surface area contributed by atoms with E-state index in [1.165, 1.54) is 23.0 Å². The number of ether oxygens (including phenoxy) is 2. The molecule has 6 heterocycles. The number of rotatable bonds is 4. The standard InChI is InChI=1S/2C22H26BrNO5S/c2*1-12(25)17-9-14(23)10-18-19(11-24(20(17)18)21(26)29-22(2,3)4)13-7-15-5-6-16(8-13)30(15,27)28/h2*9-11,13,15-16H,5-8H2,1-4H3. The van der Waals surface area contributed by atoms with E-state index in [1.807, 2.05) is 12.1 Å². The Morgan fingerprint density at radius 1 is 0.567 bits per heavy atom. The molecule has 16 heteroatoms. The Bertz CT molecular complexity index is 2460. The maximum atomic E-state index is 13.0. The Balaban J connectivity index is 0.000000181. The van der Waals surface area contributed by atoms with Crippen LogP contribution in [0, 0.1) is 0 Å². The number of benzene rings is 2. The quantitative estimate of drug-likeness (QED) is 0.180. The van der Waals surface area contributed by atoms with E-state index in [0.717, 1.165) is 30.8 Å². The van der Waals surface area contributed by atoms with Crippen LogP contribution in [0.15, 0.2) is 45.6 Å². The number of carbonyl (C=O) groups is 4. The third kappa shape index (κ3) is 8.43. The number of sulfone groups is 2. The summed E-state index contributed by atoms with van der Waals surface area (Å²) in [5.74, 6) is -0.262. The molecule has 0 N–H and O–H groups in total. The van der Waals surface area contributed by atoms with Crippen LogP contribution in [0.3, 0.4) is 0 Å². The molecule has 4 unspecified atom stereocenters. The fraction of sp³-hybridized carbons (Fsp3) is 0.545. The summed E-state index contributed by atoms with van der Waals surface area (Å²) in [6.45, 7) is 13.7. The van der Waals surface area contributed by atoms with Crippen molar-refractivity contribution in [2.45, 2.75) is 151 Å². The second-order valence-electron chi connectivity index (χ2n) is 18.8. The van der Waals surface area contributed by atoms with Gasteiger partial charge >= 0.3 is 12.2 Å². The Morgan fingerprint density at radius 3 is 1.13 bits per heavy atom. The second kappa shape index (κ2) is 15.8. The van der Waals surface area contributed by atoms with Gasteiger partial charge in [0.25, 0.3) is 0 Å². The molecule has 4 fully saturated rings. The van der Waals surface area contributed by atoms with Gasteiger partial charge in [-0.3, -0.25) is 18.7 Å². The highest BCUT2D eigenvalue weighted by molar-refractivity contribution is 9.10. The number of hydrogen-bond acceptors (Lipinski definition) is 10. The minimum absolute atomic E-state index is 0.0197. The van der Waals surface area contributed by atoms with Crippen LogP contribution in [0.25, 0.3) is 21.8 Å². The number of fused-ring (bicyclic) bond motifs is 6. The SMILES string of the molecule is CC(=O)c1cc(Br)cc2c(C3CC4CCC(C3)S4(=O)=O)cn(C(=O)OC(C)(C)C)c12.CC(=O)c1cc(Br)cc2c(C3CC4CCC(C3)S4(=O)=O)cn(C(=O)OC(C)(C)C)c12. The maximum absolute atomic E-state index is 13.0. The van der Waals surface area contributed by atoms with E-state index in [2.05, 4.69) is 31.9 Å². The zero-order chi connectivity index (χ0) is 44.0. The smallest absolute Gasteiger partial charge is 0.419 e. The molecule has 0 amide bonds. The van der Waals surface area contributed by atoms with E-state index >= 15 is 0 Å². The van der Waals surface area contributed by atoms with Gasteiger partial charge in [-0.2, -0.15) is 0 Å². The summed E-state index contributed by atoms with van der Waals surface area (Å²) in [6, 6.07) is 7.24. The lowest BCUT2D eigenvalue weighted by Crippen LogP contribution is -2.32. The first-order chi connectivity index (χ1) is 27.8. The highest BCUT2D eigenvalue weighted by Crippen LogP contribution is 2.49. The van der Waals surface area contributed by atoms with Gasteiger partial charge in [-0.25, -0.2) is 26.4 Å². The summed E-state index contributed by atoms with van der Waals surface area (Å²) in [4.78, 5) is 50.8. The van der Waals surface area contributed by atoms with Gasteiger partial charge in [-0.15, -0.1) is 0 Å². The molecule has 12 nitrogen and oxygen atoms in total. The molecule has 0 aliphatic carbocycles. The molecule has 60 heavy (non-hydrogen) atoms. The van der Waals surface area contributed by atoms with E-state index in [0.29, 0.717) is 73.5 Å². The van der Waals surface area contributed by atoms with Crippen LogP contribution in [-0.2, 0) is 29.1 Å². The highest BCUT2D eigenvalue weighted by Gasteiger charge is 2.49. The van der Waals surface area contributed by atoms with E-state index in [1.54, 1.807) is 66.1 Å². The van der Waals surface area contributed by atoms with Crippen molar-refractivity contribution in [1.29, 1.82) is 0 Å². The molecule has 324 valence electrons. The molecule has 4 saturated heterocycles. The minimum Gasteiger partial charge on any atom is -0.443 e. The van der Waals surface area contributed by atoms with Crippen molar-refractivity contribution in [1.82, 2.24) is 9.13 Å². The van der Waals surface area contributed by atoms with Gasteiger partial charge in [-0.05, 0) is 154 Å². The third-order valence-corrected chi connectivity index (χ3v) is 18.6. The fourth-order valence-corrected chi connectivity index (χ4v) is 15.6. The van der Waals surface area contributed by atoms with Crippen molar-refractivity contribution < 1.29 is 45.5 Å². The number of hydrogen-bond donors (Lipinski definition) is 0. The topological polar surface area (TPSA) is 165 Å². The van der Waals surface area contributed by atoms with Crippen LogP contribution in [-0.4, -0.2) is 81.9 Å². The summed E-state index contributed by atoms with van der Waals surface area (Å²) in [7, 11) is -6.10. The Kier molecular flexibility index (Phi) is 11.8. The average Bonchev–Trinajstić information content (AvgIpc) is 3.70. The van der Waals surface area contributed by atoms with Gasteiger partial charge in [0.05, 0.1) is 32.0 Å². The molecule has 8 rings (SSSR count). The fourth-order valence-electron chi connectivity index (χ4n) is 9.72. The van der Waals surface area contributed by atoms with Crippen LogP contribution in [0.5, 0.6) is 0 Å². The summed E-state index contributed by atoms with van der Waals surface area (Å²) in [5.41, 5.74) is 2.37. The predicted molar refractivity (Wildman–Crippen MR) is 238 cm³/mol. The molecule has 4 aliphatic heterocycles. The zero-order valence-corrected chi connectivity index (χ0v) is 39.9. The van der Waals surface area contributed by atoms with Crippen LogP contribution in [0.1, 0.15) is 150 Å². The predicted octanol–water partition coefficient (Wildman–Crippen LogP) is 10.4. The first-order valence-corrected chi connectivity index (χ1v) is 25.2. The first kappa shape index (κ1) is 44.7. The second-order valence-corrected chi connectivity index (χ2v) is 25.7. The minimum atomic E-state index is -3.05. The van der Waals surface area contributed by atoms with E-state index in [-0.39, 0.29) is 44.4 Å². The van der Waals surface area contributed by atoms with Crippen molar-refractivity contribution in [3.05, 3.63) is 67.9 Å². The molecular weight excluding hydrogens is 940 g/mol. The van der Waals surface area contributed by atoms with Gasteiger partial charge in [0.15, 0.2) is 31.2 Å². The van der Waals surface area contributed by atoms with Crippen molar-refractivity contribution in [2.75, 3.05) is 0 Å². The Hall–Kier alpha value is -3.34. The molecule has 4 bridgehead atoms. The molecular formula is C44H52Br2N2O10S2. The van der Waals surface area contributed by atoms with Gasteiger partial charge in [0.2, 0.25) is 0 Å². The largest absolute Gasteiger partial charge is 0.443 e. The maximum Gasteiger partial charge on any atom is 0.419 e. The molecule has 4 aromatic rings. The van der Waals surface area contributed by atoms with E-state index < -0.39 is 43.1 Å².